The summed E-state index contributed by atoms with van der Waals surface area (Å²) < 4.78 is 2.39. The molecule has 2 N–H and O–H groups in total. The largest absolute Gasteiger partial charge is 0.353 e. The summed E-state index contributed by atoms with van der Waals surface area (Å²) in [6.45, 7) is 6.70. The Balaban J connectivity index is 1.98. The van der Waals surface area contributed by atoms with Gasteiger partial charge in [0, 0.05) is 11.7 Å². The lowest BCUT2D eigenvalue weighted by Crippen LogP contribution is -2.39. The maximum atomic E-state index is 11.8. The summed E-state index contributed by atoms with van der Waals surface area (Å²) in [6, 6.07) is 8.22. The summed E-state index contributed by atoms with van der Waals surface area (Å²) in [5, 5.41) is 11.4. The van der Waals surface area contributed by atoms with Gasteiger partial charge in [-0.25, -0.2) is 4.68 Å². The Morgan fingerprint density at radius 3 is 2.88 bits per heavy atom. The van der Waals surface area contributed by atoms with E-state index >= 15 is 0 Å². The van der Waals surface area contributed by atoms with Gasteiger partial charge in [0.2, 0.25) is 11.0 Å². The van der Waals surface area contributed by atoms with Gasteiger partial charge in [-0.3, -0.25) is 9.69 Å². The topological polar surface area (TPSA) is 62.2 Å². The van der Waals surface area contributed by atoms with Crippen molar-refractivity contribution < 1.29 is 4.79 Å². The molecule has 0 fully saturated rings. The molecule has 1 heterocycles. The van der Waals surface area contributed by atoms with E-state index in [-0.39, 0.29) is 11.9 Å². The van der Waals surface area contributed by atoms with Gasteiger partial charge < -0.3 is 10.6 Å². The molecule has 1 aromatic heterocycles. The number of benzene rings is 1. The number of hydrogen-bond donors (Lipinski definition) is 2. The Hall–Kier alpha value is -1.77. The molecule has 0 radical (unpaired) electrons. The summed E-state index contributed by atoms with van der Waals surface area (Å²) in [6.07, 6.45) is 0. The van der Waals surface area contributed by atoms with Crippen molar-refractivity contribution in [3.05, 3.63) is 33.8 Å². The molecule has 6 nitrogen and oxygen atoms in total. The predicted octanol–water partition coefficient (Wildman–Crippen LogP) is 3.14. The summed E-state index contributed by atoms with van der Waals surface area (Å²) in [5.74, 6) is -0.00708. The minimum atomic E-state index is -0.00708. The number of aromatic nitrogens is 2. The van der Waals surface area contributed by atoms with Gasteiger partial charge in [-0.15, -0.1) is 5.10 Å². The standard InChI is InChI=1S/C16H23N5OS2/c1-11(2)17-14(22)9-20(4)10-21-16(23)24-15(19-21)18-13-7-5-6-12(3)8-13/h5-8,11H,9-10H2,1-4H3,(H,17,22)(H,18,19). The molecule has 8 heteroatoms. The van der Waals surface area contributed by atoms with Crippen molar-refractivity contribution in [2.45, 2.75) is 33.5 Å². The fraction of sp³-hybridized carbons (Fsp3) is 0.438. The van der Waals surface area contributed by atoms with E-state index in [0.717, 1.165) is 10.8 Å². The minimum absolute atomic E-state index is 0.00708. The first-order valence-corrected chi connectivity index (χ1v) is 8.95. The monoisotopic (exact) mass is 365 g/mol. The molecule has 0 saturated heterocycles. The highest BCUT2D eigenvalue weighted by Crippen LogP contribution is 2.21. The molecule has 2 aromatic rings. The van der Waals surface area contributed by atoms with Crippen LogP contribution in [0.5, 0.6) is 0 Å². The zero-order chi connectivity index (χ0) is 17.7. The number of nitrogens with zero attached hydrogens (tertiary/aromatic N) is 3. The van der Waals surface area contributed by atoms with Crippen LogP contribution in [-0.2, 0) is 11.5 Å². The molecule has 0 unspecified atom stereocenters. The Labute approximate surface area is 151 Å². The Bertz CT molecular complexity index is 753. The number of carbonyl (C=O) groups is 1. The van der Waals surface area contributed by atoms with Gasteiger partial charge in [-0.1, -0.05) is 23.5 Å². The van der Waals surface area contributed by atoms with Crippen molar-refractivity contribution in [3.8, 4) is 0 Å². The van der Waals surface area contributed by atoms with E-state index < -0.39 is 0 Å². The van der Waals surface area contributed by atoms with E-state index in [9.17, 15) is 4.79 Å². The molecule has 1 amide bonds. The fourth-order valence-corrected chi connectivity index (χ4v) is 3.20. The molecule has 0 aliphatic carbocycles. The van der Waals surface area contributed by atoms with E-state index in [2.05, 4.69) is 21.8 Å². The highest BCUT2D eigenvalue weighted by molar-refractivity contribution is 7.73. The van der Waals surface area contributed by atoms with E-state index in [1.807, 2.05) is 50.9 Å². The maximum absolute atomic E-state index is 11.8. The predicted molar refractivity (Wildman–Crippen MR) is 101 cm³/mol. The van der Waals surface area contributed by atoms with Gasteiger partial charge in [0.15, 0.2) is 3.95 Å². The number of carbonyl (C=O) groups excluding carboxylic acids is 1. The summed E-state index contributed by atoms with van der Waals surface area (Å²) in [4.78, 5) is 13.7. The van der Waals surface area contributed by atoms with Crippen molar-refractivity contribution in [2.24, 2.45) is 0 Å². The van der Waals surface area contributed by atoms with E-state index in [1.54, 1.807) is 4.68 Å². The highest BCUT2D eigenvalue weighted by atomic mass is 32.1. The van der Waals surface area contributed by atoms with Crippen LogP contribution in [0.2, 0.25) is 0 Å². The molecule has 24 heavy (non-hydrogen) atoms. The lowest BCUT2D eigenvalue weighted by Gasteiger charge is -2.17. The Kier molecular flexibility index (Phi) is 6.47. The van der Waals surface area contributed by atoms with Crippen LogP contribution < -0.4 is 10.6 Å². The number of anilines is 2. The van der Waals surface area contributed by atoms with Crippen molar-refractivity contribution in [3.63, 3.8) is 0 Å². The lowest BCUT2D eigenvalue weighted by atomic mass is 10.2. The zero-order valence-corrected chi connectivity index (χ0v) is 16.0. The van der Waals surface area contributed by atoms with Crippen molar-refractivity contribution in [1.82, 2.24) is 20.0 Å². The fourth-order valence-electron chi connectivity index (χ4n) is 2.18. The van der Waals surface area contributed by atoms with Crippen LogP contribution in [0.3, 0.4) is 0 Å². The van der Waals surface area contributed by atoms with Gasteiger partial charge in [0.25, 0.3) is 0 Å². The van der Waals surface area contributed by atoms with Gasteiger partial charge >= 0.3 is 0 Å². The molecule has 0 atom stereocenters. The molecule has 0 spiro atoms. The minimum Gasteiger partial charge on any atom is -0.353 e. The van der Waals surface area contributed by atoms with Crippen LogP contribution in [0.25, 0.3) is 0 Å². The third-order valence-electron chi connectivity index (χ3n) is 3.11. The summed E-state index contributed by atoms with van der Waals surface area (Å²) >= 11 is 6.78. The number of aryl methyl sites for hydroxylation is 1. The third-order valence-corrected chi connectivity index (χ3v) is 4.34. The molecular formula is C16H23N5OS2. The molecule has 0 aliphatic heterocycles. The molecule has 130 valence electrons. The first-order chi connectivity index (χ1) is 11.3. The zero-order valence-electron chi connectivity index (χ0n) is 14.4. The lowest BCUT2D eigenvalue weighted by molar-refractivity contribution is -0.122. The van der Waals surface area contributed by atoms with Gasteiger partial charge in [-0.2, -0.15) is 0 Å². The Morgan fingerprint density at radius 2 is 2.21 bits per heavy atom. The van der Waals surface area contributed by atoms with E-state index in [1.165, 1.54) is 16.9 Å². The SMILES string of the molecule is Cc1cccc(Nc2nn(CN(C)CC(=O)NC(C)C)c(=S)s2)c1. The number of rotatable bonds is 7. The summed E-state index contributed by atoms with van der Waals surface area (Å²) in [7, 11) is 1.87. The highest BCUT2D eigenvalue weighted by Gasteiger charge is 2.10. The molecular weight excluding hydrogens is 342 g/mol. The average Bonchev–Trinajstić information content (AvgIpc) is 2.77. The second kappa shape index (κ2) is 8.36. The average molecular weight is 366 g/mol. The van der Waals surface area contributed by atoms with Gasteiger partial charge in [-0.05, 0) is 57.7 Å². The van der Waals surface area contributed by atoms with Crippen molar-refractivity contribution in [2.75, 3.05) is 18.9 Å². The van der Waals surface area contributed by atoms with E-state index in [0.29, 0.717) is 17.2 Å². The van der Waals surface area contributed by atoms with Crippen LogP contribution >= 0.6 is 23.6 Å². The van der Waals surface area contributed by atoms with Gasteiger partial charge in [0.1, 0.15) is 0 Å². The molecule has 0 saturated carbocycles. The third kappa shape index (κ3) is 5.70. The molecule has 0 aliphatic rings. The van der Waals surface area contributed by atoms with Crippen molar-refractivity contribution in [1.29, 1.82) is 0 Å². The normalized spacial score (nSPS) is 11.1. The number of nitrogens with one attached hydrogen (secondary N) is 2. The second-order valence-electron chi connectivity index (χ2n) is 6.04. The first kappa shape index (κ1) is 18.6. The van der Waals surface area contributed by atoms with Crippen LogP contribution in [0.15, 0.2) is 24.3 Å². The molecule has 2 rings (SSSR count). The van der Waals surface area contributed by atoms with Crippen LogP contribution in [0, 0.1) is 10.9 Å². The summed E-state index contributed by atoms with van der Waals surface area (Å²) in [5.41, 5.74) is 2.16. The number of hydrogen-bond acceptors (Lipinski definition) is 6. The Morgan fingerprint density at radius 1 is 1.46 bits per heavy atom. The molecule has 1 aromatic carbocycles. The van der Waals surface area contributed by atoms with Crippen molar-refractivity contribution >= 4 is 40.3 Å². The number of amides is 1. The maximum Gasteiger partial charge on any atom is 0.234 e. The number of likely N-dealkylation sites (N-methyl/N-ethyl adjacent to an activating group) is 1. The van der Waals surface area contributed by atoms with Crippen LogP contribution in [0.4, 0.5) is 10.8 Å². The van der Waals surface area contributed by atoms with Gasteiger partial charge in [0.05, 0.1) is 13.2 Å². The van der Waals surface area contributed by atoms with Crippen LogP contribution in [-0.4, -0.2) is 40.2 Å². The first-order valence-electron chi connectivity index (χ1n) is 7.73. The van der Waals surface area contributed by atoms with Crippen LogP contribution in [0.1, 0.15) is 19.4 Å². The van der Waals surface area contributed by atoms with E-state index in [4.69, 9.17) is 12.2 Å². The molecule has 0 bridgehead atoms. The quantitative estimate of drug-likeness (QED) is 0.738. The smallest absolute Gasteiger partial charge is 0.234 e. The second-order valence-corrected chi connectivity index (χ2v) is 7.67.